The summed E-state index contributed by atoms with van der Waals surface area (Å²) in [7, 11) is -2.07. The van der Waals surface area contributed by atoms with Gasteiger partial charge in [0, 0.05) is 25.0 Å². The summed E-state index contributed by atoms with van der Waals surface area (Å²) in [5.41, 5.74) is 0.940. The lowest BCUT2D eigenvalue weighted by atomic mass is 9.97. The minimum atomic E-state index is -3.72. The van der Waals surface area contributed by atoms with E-state index in [-0.39, 0.29) is 22.7 Å². The van der Waals surface area contributed by atoms with E-state index in [4.69, 9.17) is 0 Å². The number of aliphatic hydroxyl groups is 1. The molecule has 2 unspecified atom stereocenters. The van der Waals surface area contributed by atoms with Crippen LogP contribution in [-0.4, -0.2) is 42.7 Å². The minimum Gasteiger partial charge on any atom is -0.506 e. The quantitative estimate of drug-likeness (QED) is 0.753. The van der Waals surface area contributed by atoms with E-state index in [0.717, 1.165) is 30.7 Å². The zero-order chi connectivity index (χ0) is 19.6. The zero-order valence-electron chi connectivity index (χ0n) is 16.1. The van der Waals surface area contributed by atoms with Crippen molar-refractivity contribution in [1.29, 1.82) is 0 Å². The number of aliphatic hydroxyl groups excluding tert-OH is 1. The van der Waals surface area contributed by atoms with Crippen molar-refractivity contribution in [2.45, 2.75) is 51.6 Å². The number of hydrogen-bond acceptors (Lipinski definition) is 5. The van der Waals surface area contributed by atoms with Crippen LogP contribution in [0.25, 0.3) is 0 Å². The van der Waals surface area contributed by atoms with Gasteiger partial charge in [0.15, 0.2) is 0 Å². The van der Waals surface area contributed by atoms with Crippen LogP contribution >= 0.6 is 11.8 Å². The third-order valence-corrected chi connectivity index (χ3v) is 8.25. The molecular weight excluding hydrogens is 380 g/mol. The average molecular weight is 409 g/mol. The van der Waals surface area contributed by atoms with Crippen molar-refractivity contribution < 1.29 is 13.5 Å². The Morgan fingerprint density at radius 1 is 1.22 bits per heavy atom. The standard InChI is InChI=1S/C20H28N2O3S2/c1-4-6-10-16-13-17-20(27(24,25)21(16)3)19(23)18(26-5-2)14-22(17)15-11-8-7-9-12-15/h7-9,11-12,14,16-17,23H,4-6,10,13H2,1-3H3. The second-order valence-corrected chi connectivity index (χ2v) is 10.2. The number of rotatable bonds is 6. The van der Waals surface area contributed by atoms with E-state index in [1.54, 1.807) is 7.05 Å². The summed E-state index contributed by atoms with van der Waals surface area (Å²) in [6, 6.07) is 9.38. The highest BCUT2D eigenvalue weighted by molar-refractivity contribution is 8.03. The number of anilines is 1. The fraction of sp³-hybridized carbons (Fsp3) is 0.500. The molecule has 2 aliphatic rings. The Balaban J connectivity index is 2.10. The monoisotopic (exact) mass is 408 g/mol. The van der Waals surface area contributed by atoms with Crippen molar-refractivity contribution in [2.75, 3.05) is 17.7 Å². The van der Waals surface area contributed by atoms with E-state index < -0.39 is 10.0 Å². The van der Waals surface area contributed by atoms with Gasteiger partial charge in [-0.15, -0.1) is 11.8 Å². The van der Waals surface area contributed by atoms with Crippen LogP contribution < -0.4 is 4.90 Å². The third-order valence-electron chi connectivity index (χ3n) is 5.27. The molecule has 5 nitrogen and oxygen atoms in total. The van der Waals surface area contributed by atoms with Gasteiger partial charge in [-0.25, -0.2) is 8.42 Å². The van der Waals surface area contributed by atoms with Gasteiger partial charge in [-0.1, -0.05) is 44.9 Å². The Labute approximate surface area is 166 Å². The molecule has 1 aromatic carbocycles. The lowest BCUT2D eigenvalue weighted by Crippen LogP contribution is -2.53. The Morgan fingerprint density at radius 3 is 2.56 bits per heavy atom. The molecule has 0 amide bonds. The van der Waals surface area contributed by atoms with Crippen molar-refractivity contribution in [3.8, 4) is 0 Å². The number of para-hydroxylation sites is 1. The van der Waals surface area contributed by atoms with E-state index in [1.807, 2.05) is 48.4 Å². The first-order chi connectivity index (χ1) is 12.9. The van der Waals surface area contributed by atoms with E-state index in [2.05, 4.69) is 6.92 Å². The molecule has 2 heterocycles. The number of unbranched alkanes of at least 4 members (excludes halogenated alkanes) is 1. The van der Waals surface area contributed by atoms with Crippen LogP contribution in [0, 0.1) is 0 Å². The smallest absolute Gasteiger partial charge is 0.245 e. The molecule has 27 heavy (non-hydrogen) atoms. The van der Waals surface area contributed by atoms with Crippen LogP contribution in [0.4, 0.5) is 5.69 Å². The molecular formula is C20H28N2O3S2. The number of benzene rings is 1. The molecule has 3 rings (SSSR count). The number of thioether (sulfide) groups is 1. The molecule has 0 aromatic heterocycles. The largest absolute Gasteiger partial charge is 0.506 e. The number of sulfonamides is 1. The summed E-state index contributed by atoms with van der Waals surface area (Å²) in [6.07, 6.45) is 5.43. The number of hydrogen-bond donors (Lipinski definition) is 1. The van der Waals surface area contributed by atoms with Gasteiger partial charge in [-0.05, 0) is 30.7 Å². The molecule has 1 aromatic rings. The molecule has 1 fully saturated rings. The lowest BCUT2D eigenvalue weighted by Gasteiger charge is -2.45. The molecule has 0 aliphatic carbocycles. The van der Waals surface area contributed by atoms with Gasteiger partial charge in [-0.2, -0.15) is 4.31 Å². The van der Waals surface area contributed by atoms with Crippen LogP contribution in [0.15, 0.2) is 52.1 Å². The summed E-state index contributed by atoms with van der Waals surface area (Å²) >= 11 is 1.46. The number of nitrogens with zero attached hydrogens (tertiary/aromatic N) is 2. The average Bonchev–Trinajstić information content (AvgIpc) is 2.66. The molecule has 148 valence electrons. The molecule has 1 N–H and O–H groups in total. The third kappa shape index (κ3) is 3.77. The fourth-order valence-electron chi connectivity index (χ4n) is 3.81. The maximum atomic E-state index is 13.3. The van der Waals surface area contributed by atoms with Crippen LogP contribution in [0.5, 0.6) is 0 Å². The van der Waals surface area contributed by atoms with Crippen molar-refractivity contribution in [3.05, 3.63) is 52.1 Å². The topological polar surface area (TPSA) is 60.9 Å². The van der Waals surface area contributed by atoms with Crippen LogP contribution in [0.3, 0.4) is 0 Å². The first-order valence-corrected chi connectivity index (χ1v) is 11.9. The molecule has 0 bridgehead atoms. The molecule has 0 spiro atoms. The van der Waals surface area contributed by atoms with Gasteiger partial charge < -0.3 is 10.0 Å². The predicted molar refractivity (Wildman–Crippen MR) is 113 cm³/mol. The zero-order valence-corrected chi connectivity index (χ0v) is 17.8. The van der Waals surface area contributed by atoms with Gasteiger partial charge >= 0.3 is 0 Å². The van der Waals surface area contributed by atoms with Crippen LogP contribution in [-0.2, 0) is 10.0 Å². The van der Waals surface area contributed by atoms with E-state index >= 15 is 0 Å². The second kappa shape index (κ2) is 8.29. The Kier molecular flexibility index (Phi) is 6.23. The minimum absolute atomic E-state index is 0.0588. The normalized spacial score (nSPS) is 25.3. The van der Waals surface area contributed by atoms with Gasteiger partial charge in [-0.3, -0.25) is 0 Å². The summed E-state index contributed by atoms with van der Waals surface area (Å²) in [5, 5.41) is 10.8. The van der Waals surface area contributed by atoms with Gasteiger partial charge in [0.05, 0.1) is 10.9 Å². The highest BCUT2D eigenvalue weighted by atomic mass is 32.2. The predicted octanol–water partition coefficient (Wildman–Crippen LogP) is 4.46. The van der Waals surface area contributed by atoms with Crippen LogP contribution in [0.2, 0.25) is 0 Å². The fourth-order valence-corrected chi connectivity index (χ4v) is 6.42. The van der Waals surface area contributed by atoms with Crippen LogP contribution in [0.1, 0.15) is 39.5 Å². The summed E-state index contributed by atoms with van der Waals surface area (Å²) in [4.78, 5) is 2.77. The highest BCUT2D eigenvalue weighted by Crippen LogP contribution is 2.43. The van der Waals surface area contributed by atoms with Crippen molar-refractivity contribution >= 4 is 27.5 Å². The molecule has 0 saturated carbocycles. The molecule has 0 radical (unpaired) electrons. The molecule has 7 heteroatoms. The Bertz CT molecular complexity index is 834. The summed E-state index contributed by atoms with van der Waals surface area (Å²) in [6.45, 7) is 4.10. The summed E-state index contributed by atoms with van der Waals surface area (Å²) in [5.74, 6) is 0.672. The van der Waals surface area contributed by atoms with E-state index in [1.165, 1.54) is 16.1 Å². The van der Waals surface area contributed by atoms with Crippen molar-refractivity contribution in [1.82, 2.24) is 4.31 Å². The maximum absolute atomic E-state index is 13.3. The highest BCUT2D eigenvalue weighted by Gasteiger charge is 2.47. The van der Waals surface area contributed by atoms with Crippen molar-refractivity contribution in [2.24, 2.45) is 0 Å². The Hall–Kier alpha value is -1.44. The summed E-state index contributed by atoms with van der Waals surface area (Å²) < 4.78 is 28.1. The van der Waals surface area contributed by atoms with E-state index in [0.29, 0.717) is 11.3 Å². The first-order valence-electron chi connectivity index (χ1n) is 9.51. The maximum Gasteiger partial charge on any atom is 0.245 e. The molecule has 2 atom stereocenters. The molecule has 1 saturated heterocycles. The SMILES string of the molecule is CCCCC1CC2C(=C(O)C(SCC)=CN2c2ccccc2)S(=O)(=O)N1C. The van der Waals surface area contributed by atoms with Gasteiger partial charge in [0.25, 0.3) is 0 Å². The lowest BCUT2D eigenvalue weighted by molar-refractivity contribution is 0.293. The Morgan fingerprint density at radius 2 is 1.93 bits per heavy atom. The number of fused-ring (bicyclic) bond motifs is 1. The second-order valence-electron chi connectivity index (χ2n) is 6.95. The van der Waals surface area contributed by atoms with Gasteiger partial charge in [0.2, 0.25) is 10.0 Å². The van der Waals surface area contributed by atoms with Gasteiger partial charge in [0.1, 0.15) is 10.7 Å². The molecule has 2 aliphatic heterocycles. The van der Waals surface area contributed by atoms with Crippen molar-refractivity contribution in [3.63, 3.8) is 0 Å². The first kappa shape index (κ1) is 20.3. The van der Waals surface area contributed by atoms with E-state index in [9.17, 15) is 13.5 Å².